The number of fused-ring (bicyclic) bond motifs is 6. The molecule has 1 aromatic carbocycles. The van der Waals surface area contributed by atoms with Gasteiger partial charge in [-0.3, -0.25) is 0 Å². The zero-order valence-electron chi connectivity index (χ0n) is 19.0. The molecule has 2 bridgehead atoms. The van der Waals surface area contributed by atoms with Gasteiger partial charge in [0.15, 0.2) is 0 Å². The quantitative estimate of drug-likeness (QED) is 0.792. The van der Waals surface area contributed by atoms with Crippen molar-refractivity contribution in [1.29, 1.82) is 0 Å². The first-order valence-electron chi connectivity index (χ1n) is 10.2. The molecule has 4 rings (SSSR count). The molecule has 2 atom stereocenters. The lowest BCUT2D eigenvalue weighted by molar-refractivity contribution is 0.346. The van der Waals surface area contributed by atoms with Crippen molar-refractivity contribution in [2.45, 2.75) is 38.5 Å². The highest BCUT2D eigenvalue weighted by molar-refractivity contribution is 5.78. The van der Waals surface area contributed by atoms with Gasteiger partial charge in [-0.05, 0) is 49.4 Å². The fraction of sp³-hybridized carbons (Fsp3) is 0.500. The maximum Gasteiger partial charge on any atom is 0.0893 e. The number of hydrogen-bond donors (Lipinski definition) is 1. The van der Waals surface area contributed by atoms with Crippen molar-refractivity contribution in [2.24, 2.45) is 0 Å². The minimum Gasteiger partial charge on any atom is -0.315 e. The molecule has 1 aliphatic heterocycles. The molecule has 1 aromatic heterocycles. The Kier molecular flexibility index (Phi) is 1.10. The maximum atomic E-state index is 8.86. The van der Waals surface area contributed by atoms with Gasteiger partial charge < -0.3 is 5.32 Å². The highest BCUT2D eigenvalue weighted by Crippen LogP contribution is 2.48. The molecule has 2 aliphatic rings. The van der Waals surface area contributed by atoms with E-state index in [0.717, 1.165) is 0 Å². The van der Waals surface area contributed by atoms with Crippen LogP contribution in [-0.2, 0) is 5.41 Å². The Bertz CT molecular complexity index is 1020. The standard InChI is InChI=1S/C16H19N3/c1-9-10(2)19-15-5-13-12(4-14(15)18-9)11-6-16(13,3)8-17-7-11/h4-5,11,17H,6-8H2,1-3H3/t11-,16+/m0/s1/i5D,6D2,7D2,8D2,11D. The zero-order valence-corrected chi connectivity index (χ0v) is 11.0. The molecule has 0 saturated carbocycles. The molecular weight excluding hydrogens is 234 g/mol. The van der Waals surface area contributed by atoms with Crippen LogP contribution in [0.15, 0.2) is 12.1 Å². The number of nitrogens with zero attached hydrogens (tertiary/aromatic N) is 2. The SMILES string of the molecule is [2H]c1c2c(cc3nc(C)c(C)nc13)[C@]1([2H])C([2H])([2H])NC([2H])([2H])[C@@]2(C)C1([2H])[2H]. The third-order valence-electron chi connectivity index (χ3n) is 3.77. The van der Waals surface area contributed by atoms with Gasteiger partial charge in [0, 0.05) is 28.0 Å². The summed E-state index contributed by atoms with van der Waals surface area (Å²) in [6, 6.07) is 1.20. The lowest BCUT2D eigenvalue weighted by Crippen LogP contribution is -2.39. The van der Waals surface area contributed by atoms with Crippen molar-refractivity contribution in [1.82, 2.24) is 15.3 Å². The second-order valence-corrected chi connectivity index (χ2v) is 5.19. The molecule has 98 valence electrons. The Morgan fingerprint density at radius 3 is 2.95 bits per heavy atom. The van der Waals surface area contributed by atoms with E-state index < -0.39 is 30.7 Å². The number of aryl methyl sites for hydroxylation is 2. The minimum atomic E-state index is -2.71. The second kappa shape index (κ2) is 3.54. The van der Waals surface area contributed by atoms with Crippen LogP contribution in [0.1, 0.15) is 52.7 Å². The van der Waals surface area contributed by atoms with E-state index in [9.17, 15) is 0 Å². The smallest absolute Gasteiger partial charge is 0.0893 e. The summed E-state index contributed by atoms with van der Waals surface area (Å²) in [6.07, 6.45) is -2.63. The van der Waals surface area contributed by atoms with Crippen LogP contribution in [0.5, 0.6) is 0 Å². The summed E-state index contributed by atoms with van der Waals surface area (Å²) in [5, 5.41) is 2.20. The summed E-state index contributed by atoms with van der Waals surface area (Å²) in [4.78, 5) is 8.77. The van der Waals surface area contributed by atoms with Crippen LogP contribution in [-0.4, -0.2) is 23.0 Å². The number of nitrogens with one attached hydrogen (secondary N) is 1. The molecule has 0 radical (unpaired) electrons. The first-order valence-corrected chi connectivity index (χ1v) is 6.22. The molecule has 1 fully saturated rings. The Morgan fingerprint density at radius 1 is 1.42 bits per heavy atom. The van der Waals surface area contributed by atoms with Gasteiger partial charge in [0.1, 0.15) is 0 Å². The molecule has 2 heterocycles. The van der Waals surface area contributed by atoms with Gasteiger partial charge in [-0.1, -0.05) is 6.92 Å². The molecule has 1 aliphatic carbocycles. The predicted molar refractivity (Wildman–Crippen MR) is 76.6 cm³/mol. The molecule has 3 heteroatoms. The highest BCUT2D eigenvalue weighted by atomic mass is 14.9. The lowest BCUT2D eigenvalue weighted by Gasteiger charge is -2.30. The third-order valence-corrected chi connectivity index (χ3v) is 3.77. The minimum absolute atomic E-state index is 0.0218. The third kappa shape index (κ3) is 1.48. The fourth-order valence-corrected chi connectivity index (χ4v) is 2.59. The second-order valence-electron chi connectivity index (χ2n) is 5.19. The van der Waals surface area contributed by atoms with Crippen molar-refractivity contribution in [2.75, 3.05) is 13.0 Å². The normalized spacial score (nSPS) is 46.7. The van der Waals surface area contributed by atoms with E-state index in [4.69, 9.17) is 11.0 Å². The van der Waals surface area contributed by atoms with Crippen LogP contribution in [0.25, 0.3) is 11.0 Å². The van der Waals surface area contributed by atoms with E-state index in [0.29, 0.717) is 11.4 Å². The largest absolute Gasteiger partial charge is 0.315 e. The van der Waals surface area contributed by atoms with Gasteiger partial charge >= 0.3 is 0 Å². The van der Waals surface area contributed by atoms with Gasteiger partial charge in [0.2, 0.25) is 0 Å². The number of rotatable bonds is 0. The van der Waals surface area contributed by atoms with E-state index >= 15 is 0 Å². The summed E-state index contributed by atoms with van der Waals surface area (Å²) in [6.45, 7) is -0.458. The van der Waals surface area contributed by atoms with Gasteiger partial charge in [0.25, 0.3) is 0 Å². The van der Waals surface area contributed by atoms with Crippen molar-refractivity contribution in [3.63, 3.8) is 0 Å². The van der Waals surface area contributed by atoms with Gasteiger partial charge in [-0.2, -0.15) is 0 Å². The highest BCUT2D eigenvalue weighted by Gasteiger charge is 2.43. The van der Waals surface area contributed by atoms with E-state index in [1.54, 1.807) is 13.8 Å². The summed E-state index contributed by atoms with van der Waals surface area (Å²) < 4.78 is 68.1. The van der Waals surface area contributed by atoms with Crippen LogP contribution in [0.2, 0.25) is 0 Å². The van der Waals surface area contributed by atoms with E-state index in [2.05, 4.69) is 15.3 Å². The molecule has 1 N–H and O–H groups in total. The Morgan fingerprint density at radius 2 is 2.16 bits per heavy atom. The maximum absolute atomic E-state index is 8.86. The van der Waals surface area contributed by atoms with Crippen molar-refractivity contribution >= 4 is 11.0 Å². The Hall–Kier alpha value is -1.48. The van der Waals surface area contributed by atoms with Crippen LogP contribution in [0, 0.1) is 13.8 Å². The van der Waals surface area contributed by atoms with Crippen LogP contribution in [0.3, 0.4) is 0 Å². The molecule has 3 nitrogen and oxygen atoms in total. The Balaban J connectivity index is 2.25. The van der Waals surface area contributed by atoms with E-state index in [1.807, 2.05) is 0 Å². The predicted octanol–water partition coefficient (Wildman–Crippen LogP) is 2.59. The van der Waals surface area contributed by atoms with Crippen molar-refractivity contribution in [3.05, 3.63) is 34.6 Å². The summed E-state index contributed by atoms with van der Waals surface area (Å²) in [5.74, 6) is -2.46. The molecule has 0 spiro atoms. The van der Waals surface area contributed by atoms with E-state index in [1.165, 1.54) is 13.0 Å². The zero-order chi connectivity index (χ0) is 20.4. The topological polar surface area (TPSA) is 37.8 Å². The molecule has 1 saturated heterocycles. The number of piperidine rings is 1. The monoisotopic (exact) mass is 261 g/mol. The molecule has 19 heavy (non-hydrogen) atoms. The molecule has 0 unspecified atom stereocenters. The first kappa shape index (κ1) is 5.88. The van der Waals surface area contributed by atoms with Gasteiger partial charge in [-0.15, -0.1) is 0 Å². The van der Waals surface area contributed by atoms with Crippen LogP contribution in [0.4, 0.5) is 0 Å². The molecule has 2 aromatic rings. The number of benzene rings is 1. The number of hydrogen-bond acceptors (Lipinski definition) is 3. The molecular formula is C16H19N3. The summed E-state index contributed by atoms with van der Waals surface area (Å²) in [7, 11) is 0. The lowest BCUT2D eigenvalue weighted by atomic mass is 9.81. The summed E-state index contributed by atoms with van der Waals surface area (Å²) in [5.41, 5.74) is -0.350. The molecule has 0 amide bonds. The van der Waals surface area contributed by atoms with Crippen LogP contribution >= 0.6 is 0 Å². The van der Waals surface area contributed by atoms with E-state index in [-0.39, 0.29) is 28.2 Å². The summed E-state index contributed by atoms with van der Waals surface area (Å²) >= 11 is 0. The van der Waals surface area contributed by atoms with Crippen LogP contribution < -0.4 is 5.32 Å². The average molecular weight is 261 g/mol. The Labute approximate surface area is 124 Å². The van der Waals surface area contributed by atoms with Gasteiger partial charge in [-0.25, -0.2) is 9.97 Å². The van der Waals surface area contributed by atoms with Crippen molar-refractivity contribution < 1.29 is 11.0 Å². The van der Waals surface area contributed by atoms with Gasteiger partial charge in [0.05, 0.1) is 23.8 Å². The average Bonchev–Trinajstić information content (AvgIpc) is 2.64. The number of aromatic nitrogens is 2. The fourth-order valence-electron chi connectivity index (χ4n) is 2.59. The van der Waals surface area contributed by atoms with Crippen molar-refractivity contribution in [3.8, 4) is 0 Å². The first-order chi connectivity index (χ1) is 12.1.